The summed E-state index contributed by atoms with van der Waals surface area (Å²) < 4.78 is 12.2. The van der Waals surface area contributed by atoms with Gasteiger partial charge < -0.3 is 9.47 Å². The van der Waals surface area contributed by atoms with Crippen molar-refractivity contribution in [1.82, 2.24) is 0 Å². The van der Waals surface area contributed by atoms with E-state index in [1.165, 1.54) is 11.5 Å². The number of rotatable bonds is 1. The van der Waals surface area contributed by atoms with Crippen LogP contribution in [0.1, 0.15) is 25.7 Å². The number of allylic oxidation sites excluding steroid dienone is 8. The molecule has 0 bridgehead atoms. The highest BCUT2D eigenvalue weighted by Crippen LogP contribution is 2.43. The van der Waals surface area contributed by atoms with E-state index in [1.54, 1.807) is 0 Å². The fourth-order valence-corrected chi connectivity index (χ4v) is 3.47. The first-order valence-electron chi connectivity index (χ1n) is 6.97. The van der Waals surface area contributed by atoms with Crippen LogP contribution in [0, 0.1) is 11.8 Å². The van der Waals surface area contributed by atoms with Crippen molar-refractivity contribution in [2.75, 3.05) is 0 Å². The zero-order chi connectivity index (χ0) is 11.9. The van der Waals surface area contributed by atoms with Crippen molar-refractivity contribution < 1.29 is 9.47 Å². The van der Waals surface area contributed by atoms with E-state index in [0.717, 1.165) is 25.7 Å². The Kier molecular flexibility index (Phi) is 2.35. The first-order chi connectivity index (χ1) is 8.90. The van der Waals surface area contributed by atoms with Gasteiger partial charge in [-0.3, -0.25) is 0 Å². The maximum absolute atomic E-state index is 6.09. The summed E-state index contributed by atoms with van der Waals surface area (Å²) in [5.74, 6) is 3.54. The SMILES string of the molecule is C1=CCC2CC(C3CC4CC=CC=C4O3)OC2=C1. The Labute approximate surface area is 108 Å². The Balaban J connectivity index is 1.47. The maximum atomic E-state index is 6.09. The number of fused-ring (bicyclic) bond motifs is 2. The zero-order valence-electron chi connectivity index (χ0n) is 10.4. The smallest absolute Gasteiger partial charge is 0.136 e. The minimum absolute atomic E-state index is 0.257. The van der Waals surface area contributed by atoms with Gasteiger partial charge in [-0.25, -0.2) is 0 Å². The predicted molar refractivity (Wildman–Crippen MR) is 69.6 cm³/mol. The standard InChI is InChI=1S/C16H18O2/c1-3-7-13-11(5-1)9-15(17-13)16-10-12-6-2-4-8-14(12)18-16/h1-4,7-8,11-12,15-16H,5-6,9-10H2. The van der Waals surface area contributed by atoms with E-state index >= 15 is 0 Å². The van der Waals surface area contributed by atoms with E-state index in [9.17, 15) is 0 Å². The molecule has 2 nitrogen and oxygen atoms in total. The molecule has 0 spiro atoms. The molecule has 4 atom stereocenters. The van der Waals surface area contributed by atoms with Crippen LogP contribution >= 0.6 is 0 Å². The molecule has 2 fully saturated rings. The molecular weight excluding hydrogens is 224 g/mol. The van der Waals surface area contributed by atoms with Gasteiger partial charge in [-0.15, -0.1) is 0 Å². The van der Waals surface area contributed by atoms with Crippen LogP contribution in [-0.2, 0) is 9.47 Å². The third kappa shape index (κ3) is 1.63. The van der Waals surface area contributed by atoms with Gasteiger partial charge in [0, 0.05) is 11.8 Å². The van der Waals surface area contributed by atoms with E-state index in [0.29, 0.717) is 11.8 Å². The molecule has 4 unspecified atom stereocenters. The lowest BCUT2D eigenvalue weighted by Crippen LogP contribution is -2.24. The Morgan fingerprint density at radius 1 is 0.778 bits per heavy atom. The molecule has 18 heavy (non-hydrogen) atoms. The average Bonchev–Trinajstić information content (AvgIpc) is 3.02. The van der Waals surface area contributed by atoms with Crippen molar-refractivity contribution in [3.05, 3.63) is 48.0 Å². The molecule has 0 aromatic rings. The van der Waals surface area contributed by atoms with Crippen LogP contribution in [0.5, 0.6) is 0 Å². The summed E-state index contributed by atoms with van der Waals surface area (Å²) in [4.78, 5) is 0. The number of ether oxygens (including phenoxy) is 2. The van der Waals surface area contributed by atoms with Crippen LogP contribution in [0.2, 0.25) is 0 Å². The molecule has 0 aromatic heterocycles. The molecule has 2 saturated heterocycles. The lowest BCUT2D eigenvalue weighted by atomic mass is 9.91. The molecular formula is C16H18O2. The fourth-order valence-electron chi connectivity index (χ4n) is 3.47. The highest BCUT2D eigenvalue weighted by atomic mass is 16.6. The number of hydrogen-bond donors (Lipinski definition) is 0. The van der Waals surface area contributed by atoms with Crippen LogP contribution in [0.4, 0.5) is 0 Å². The Morgan fingerprint density at radius 2 is 1.28 bits per heavy atom. The van der Waals surface area contributed by atoms with E-state index in [-0.39, 0.29) is 12.2 Å². The maximum Gasteiger partial charge on any atom is 0.136 e. The monoisotopic (exact) mass is 242 g/mol. The van der Waals surface area contributed by atoms with Crippen LogP contribution in [-0.4, -0.2) is 12.2 Å². The van der Waals surface area contributed by atoms with Crippen LogP contribution < -0.4 is 0 Å². The summed E-state index contributed by atoms with van der Waals surface area (Å²) in [5.41, 5.74) is 0. The third-order valence-electron chi connectivity index (χ3n) is 4.46. The molecule has 0 N–H and O–H groups in total. The second kappa shape index (κ2) is 4.04. The second-order valence-electron chi connectivity index (χ2n) is 5.64. The summed E-state index contributed by atoms with van der Waals surface area (Å²) in [6, 6.07) is 0. The third-order valence-corrected chi connectivity index (χ3v) is 4.46. The van der Waals surface area contributed by atoms with Gasteiger partial charge in [0.1, 0.15) is 23.7 Å². The minimum atomic E-state index is 0.257. The summed E-state index contributed by atoms with van der Waals surface area (Å²) in [5, 5.41) is 0. The summed E-state index contributed by atoms with van der Waals surface area (Å²) in [6.07, 6.45) is 17.9. The van der Waals surface area contributed by atoms with Crippen LogP contribution in [0.3, 0.4) is 0 Å². The summed E-state index contributed by atoms with van der Waals surface area (Å²) in [7, 11) is 0. The predicted octanol–water partition coefficient (Wildman–Crippen LogP) is 3.48. The molecule has 2 heterocycles. The Morgan fingerprint density at radius 3 is 1.72 bits per heavy atom. The fraction of sp³-hybridized carbons (Fsp3) is 0.500. The molecule has 4 aliphatic rings. The lowest BCUT2D eigenvalue weighted by molar-refractivity contribution is 0.0213. The Hall–Kier alpha value is -1.44. The van der Waals surface area contributed by atoms with Gasteiger partial charge in [0.05, 0.1) is 0 Å². The van der Waals surface area contributed by atoms with E-state index in [2.05, 4.69) is 36.5 Å². The normalized spacial score (nSPS) is 40.4. The summed E-state index contributed by atoms with van der Waals surface area (Å²) >= 11 is 0. The van der Waals surface area contributed by atoms with Gasteiger partial charge in [0.2, 0.25) is 0 Å². The molecule has 2 heteroatoms. The van der Waals surface area contributed by atoms with Gasteiger partial charge in [0.25, 0.3) is 0 Å². The van der Waals surface area contributed by atoms with Crippen molar-refractivity contribution in [1.29, 1.82) is 0 Å². The zero-order valence-corrected chi connectivity index (χ0v) is 10.4. The molecule has 0 radical (unpaired) electrons. The topological polar surface area (TPSA) is 18.5 Å². The molecule has 2 aliphatic heterocycles. The van der Waals surface area contributed by atoms with Crippen molar-refractivity contribution >= 4 is 0 Å². The van der Waals surface area contributed by atoms with Crippen molar-refractivity contribution in [2.24, 2.45) is 11.8 Å². The lowest BCUT2D eigenvalue weighted by Gasteiger charge is -2.17. The molecule has 0 amide bonds. The van der Waals surface area contributed by atoms with Crippen molar-refractivity contribution in [2.45, 2.75) is 37.9 Å². The highest BCUT2D eigenvalue weighted by molar-refractivity contribution is 5.22. The van der Waals surface area contributed by atoms with Gasteiger partial charge in [0.15, 0.2) is 0 Å². The van der Waals surface area contributed by atoms with Gasteiger partial charge in [-0.2, -0.15) is 0 Å². The number of hydrogen-bond acceptors (Lipinski definition) is 2. The summed E-state index contributed by atoms with van der Waals surface area (Å²) in [6.45, 7) is 0. The van der Waals surface area contributed by atoms with Gasteiger partial charge >= 0.3 is 0 Å². The molecule has 94 valence electrons. The first-order valence-corrected chi connectivity index (χ1v) is 6.97. The van der Waals surface area contributed by atoms with Gasteiger partial charge in [-0.05, 0) is 37.8 Å². The largest absolute Gasteiger partial charge is 0.491 e. The van der Waals surface area contributed by atoms with Crippen LogP contribution in [0.25, 0.3) is 0 Å². The van der Waals surface area contributed by atoms with E-state index < -0.39 is 0 Å². The van der Waals surface area contributed by atoms with Crippen molar-refractivity contribution in [3.63, 3.8) is 0 Å². The quantitative estimate of drug-likeness (QED) is 0.701. The Bertz CT molecular complexity index is 425. The molecule has 4 rings (SSSR count). The van der Waals surface area contributed by atoms with Crippen LogP contribution in [0.15, 0.2) is 48.0 Å². The first kappa shape index (κ1) is 10.5. The minimum Gasteiger partial charge on any atom is -0.491 e. The van der Waals surface area contributed by atoms with Crippen molar-refractivity contribution in [3.8, 4) is 0 Å². The second-order valence-corrected chi connectivity index (χ2v) is 5.64. The molecule has 0 saturated carbocycles. The van der Waals surface area contributed by atoms with E-state index in [4.69, 9.17) is 9.47 Å². The average molecular weight is 242 g/mol. The molecule has 0 aromatic carbocycles. The molecule has 2 aliphatic carbocycles. The van der Waals surface area contributed by atoms with E-state index in [1.807, 2.05) is 0 Å². The highest BCUT2D eigenvalue weighted by Gasteiger charge is 2.42. The van der Waals surface area contributed by atoms with Gasteiger partial charge in [-0.1, -0.05) is 24.3 Å².